The molecule has 1 atom stereocenters. The van der Waals surface area contributed by atoms with E-state index in [9.17, 15) is 14.4 Å². The number of aromatic amines is 1. The van der Waals surface area contributed by atoms with Gasteiger partial charge in [-0.3, -0.25) is 14.4 Å². The highest BCUT2D eigenvalue weighted by molar-refractivity contribution is 5.99. The Balaban J connectivity index is 1.50. The second-order valence-electron chi connectivity index (χ2n) is 11.5. The molecule has 3 aromatic rings. The standard InChI is InChI=1S/C34H42N6O4/c1-6-32(41)39-11-10-27(21-39)40(7-2)30-18-26(25-8-9-31(35-19-25)38-12-14-44-15-13-38)17-28(24(30)5)33(42)36-20-29-22(3)16-23(4)37-34(29)43/h6,8-9,16-19,27H,1,7,10-15,20-21H2,2-5H3,(H,36,42)(H,37,43). The molecule has 5 rings (SSSR count). The second-order valence-corrected chi connectivity index (χ2v) is 11.5. The predicted molar refractivity (Wildman–Crippen MR) is 173 cm³/mol. The molecule has 0 saturated carbocycles. The third kappa shape index (κ3) is 6.55. The number of nitrogens with zero attached hydrogens (tertiary/aromatic N) is 4. The Morgan fingerprint density at radius 3 is 2.57 bits per heavy atom. The zero-order chi connectivity index (χ0) is 31.4. The van der Waals surface area contributed by atoms with Crippen LogP contribution in [-0.2, 0) is 16.1 Å². The van der Waals surface area contributed by atoms with Crippen LogP contribution in [-0.4, -0.2) is 78.7 Å². The van der Waals surface area contributed by atoms with Gasteiger partial charge in [0.1, 0.15) is 5.82 Å². The molecule has 2 aliphatic heterocycles. The van der Waals surface area contributed by atoms with Gasteiger partial charge < -0.3 is 29.7 Å². The number of H-pyrrole nitrogens is 1. The van der Waals surface area contributed by atoms with Gasteiger partial charge in [0.25, 0.3) is 11.5 Å². The third-order valence-corrected chi connectivity index (χ3v) is 8.70. The highest BCUT2D eigenvalue weighted by atomic mass is 16.5. The normalized spacial score (nSPS) is 16.6. The first-order valence-corrected chi connectivity index (χ1v) is 15.3. The fourth-order valence-corrected chi connectivity index (χ4v) is 6.25. The van der Waals surface area contributed by atoms with Crippen LogP contribution in [0.15, 0.2) is 54.0 Å². The van der Waals surface area contributed by atoms with Gasteiger partial charge in [0.15, 0.2) is 0 Å². The molecule has 2 amide bonds. The van der Waals surface area contributed by atoms with Crippen molar-refractivity contribution < 1.29 is 14.3 Å². The smallest absolute Gasteiger partial charge is 0.253 e. The van der Waals surface area contributed by atoms with Crippen molar-refractivity contribution in [3.05, 3.63) is 87.5 Å². The van der Waals surface area contributed by atoms with E-state index in [1.54, 1.807) is 0 Å². The van der Waals surface area contributed by atoms with E-state index in [0.717, 1.165) is 59.0 Å². The zero-order valence-corrected chi connectivity index (χ0v) is 26.1. The van der Waals surface area contributed by atoms with Crippen LogP contribution < -0.4 is 20.7 Å². The van der Waals surface area contributed by atoms with E-state index in [2.05, 4.69) is 39.7 Å². The number of nitrogens with one attached hydrogen (secondary N) is 2. The van der Waals surface area contributed by atoms with Crippen molar-refractivity contribution in [2.45, 2.75) is 46.7 Å². The van der Waals surface area contributed by atoms with Gasteiger partial charge in [0.2, 0.25) is 5.91 Å². The molecule has 2 aromatic heterocycles. The summed E-state index contributed by atoms with van der Waals surface area (Å²) >= 11 is 0. The lowest BCUT2D eigenvalue weighted by atomic mass is 9.96. The van der Waals surface area contributed by atoms with Crippen molar-refractivity contribution >= 4 is 23.3 Å². The van der Waals surface area contributed by atoms with Gasteiger partial charge in [0.05, 0.1) is 13.2 Å². The summed E-state index contributed by atoms with van der Waals surface area (Å²) in [5.74, 6) is 0.574. The number of likely N-dealkylation sites (tertiary alicyclic amines) is 1. The van der Waals surface area contributed by atoms with Gasteiger partial charge >= 0.3 is 0 Å². The molecule has 1 unspecified atom stereocenters. The van der Waals surface area contributed by atoms with Crippen LogP contribution in [0.1, 0.15) is 46.1 Å². The first-order valence-electron chi connectivity index (χ1n) is 15.3. The Morgan fingerprint density at radius 1 is 1.14 bits per heavy atom. The average Bonchev–Trinajstić information content (AvgIpc) is 3.51. The summed E-state index contributed by atoms with van der Waals surface area (Å²) in [5, 5.41) is 3.00. The Hall–Kier alpha value is -4.44. The molecule has 0 bridgehead atoms. The van der Waals surface area contributed by atoms with Crippen LogP contribution >= 0.6 is 0 Å². The molecule has 0 spiro atoms. The number of anilines is 2. The maximum Gasteiger partial charge on any atom is 0.253 e. The Labute approximate surface area is 258 Å². The molecule has 0 radical (unpaired) electrons. The molecule has 4 heterocycles. The predicted octanol–water partition coefficient (Wildman–Crippen LogP) is 3.74. The number of rotatable bonds is 9. The number of aromatic nitrogens is 2. The Bertz CT molecular complexity index is 1590. The lowest BCUT2D eigenvalue weighted by Gasteiger charge is -2.32. The van der Waals surface area contributed by atoms with Crippen molar-refractivity contribution in [1.82, 2.24) is 20.2 Å². The summed E-state index contributed by atoms with van der Waals surface area (Å²) in [6.07, 6.45) is 4.04. The van der Waals surface area contributed by atoms with Crippen LogP contribution in [0.2, 0.25) is 0 Å². The molecule has 1 aromatic carbocycles. The third-order valence-electron chi connectivity index (χ3n) is 8.70. The maximum atomic E-state index is 13.8. The van der Waals surface area contributed by atoms with E-state index in [1.807, 2.05) is 56.1 Å². The van der Waals surface area contributed by atoms with Crippen molar-refractivity contribution in [2.24, 2.45) is 0 Å². The van der Waals surface area contributed by atoms with Crippen LogP contribution in [0.25, 0.3) is 11.1 Å². The fraction of sp³-hybridized carbons (Fsp3) is 0.412. The molecule has 44 heavy (non-hydrogen) atoms. The fourth-order valence-electron chi connectivity index (χ4n) is 6.25. The Kier molecular flexibility index (Phi) is 9.49. The SMILES string of the molecule is C=CC(=O)N1CCC(N(CC)c2cc(-c3ccc(N4CCOCC4)nc3)cc(C(=O)NCc3c(C)cc(C)[nH]c3=O)c2C)C1. The summed E-state index contributed by atoms with van der Waals surface area (Å²) in [6, 6.07) is 10.1. The summed E-state index contributed by atoms with van der Waals surface area (Å²) in [7, 11) is 0. The van der Waals surface area contributed by atoms with E-state index in [1.165, 1.54) is 6.08 Å². The van der Waals surface area contributed by atoms with Crippen LogP contribution in [0.4, 0.5) is 11.5 Å². The second kappa shape index (κ2) is 13.5. The van der Waals surface area contributed by atoms with E-state index in [4.69, 9.17) is 9.72 Å². The first kappa shape index (κ1) is 31.0. The number of morpholine rings is 1. The number of carbonyl (C=O) groups is 2. The van der Waals surface area contributed by atoms with Crippen molar-refractivity contribution in [1.29, 1.82) is 0 Å². The summed E-state index contributed by atoms with van der Waals surface area (Å²) < 4.78 is 5.48. The number of ether oxygens (including phenoxy) is 1. The number of hydrogen-bond acceptors (Lipinski definition) is 7. The number of hydrogen-bond donors (Lipinski definition) is 2. The van der Waals surface area contributed by atoms with Gasteiger partial charge in [-0.25, -0.2) is 4.98 Å². The summed E-state index contributed by atoms with van der Waals surface area (Å²) in [5.41, 5.74) is 6.04. The number of benzene rings is 1. The highest BCUT2D eigenvalue weighted by Gasteiger charge is 2.31. The lowest BCUT2D eigenvalue weighted by molar-refractivity contribution is -0.125. The average molecular weight is 599 g/mol. The highest BCUT2D eigenvalue weighted by Crippen LogP contribution is 2.34. The molecule has 2 fully saturated rings. The van der Waals surface area contributed by atoms with Gasteiger partial charge in [-0.05, 0) is 87.2 Å². The van der Waals surface area contributed by atoms with E-state index in [0.29, 0.717) is 44.0 Å². The van der Waals surface area contributed by atoms with Crippen molar-refractivity contribution in [3.8, 4) is 11.1 Å². The molecule has 2 saturated heterocycles. The van der Waals surface area contributed by atoms with Crippen molar-refractivity contribution in [2.75, 3.05) is 55.7 Å². The maximum absolute atomic E-state index is 13.8. The van der Waals surface area contributed by atoms with Crippen LogP contribution in [0, 0.1) is 20.8 Å². The van der Waals surface area contributed by atoms with Crippen molar-refractivity contribution in [3.63, 3.8) is 0 Å². The van der Waals surface area contributed by atoms with E-state index < -0.39 is 0 Å². The van der Waals surface area contributed by atoms with Crippen LogP contribution in [0.3, 0.4) is 0 Å². The van der Waals surface area contributed by atoms with E-state index in [-0.39, 0.29) is 30.0 Å². The Morgan fingerprint density at radius 2 is 1.91 bits per heavy atom. The molecule has 10 nitrogen and oxygen atoms in total. The molecular weight excluding hydrogens is 556 g/mol. The first-order chi connectivity index (χ1) is 21.2. The molecule has 2 N–H and O–H groups in total. The summed E-state index contributed by atoms with van der Waals surface area (Å²) in [6.45, 7) is 16.5. The molecule has 2 aliphatic rings. The molecule has 0 aliphatic carbocycles. The van der Waals surface area contributed by atoms with Gasteiger partial charge in [0, 0.05) is 79.6 Å². The number of likely N-dealkylation sites (N-methyl/N-ethyl adjacent to an activating group) is 1. The lowest BCUT2D eigenvalue weighted by Crippen LogP contribution is -2.39. The minimum absolute atomic E-state index is 0.0677. The van der Waals surface area contributed by atoms with Gasteiger partial charge in [-0.2, -0.15) is 0 Å². The number of pyridine rings is 2. The summed E-state index contributed by atoms with van der Waals surface area (Å²) in [4.78, 5) is 52.7. The number of carbonyl (C=O) groups excluding carboxylic acids is 2. The van der Waals surface area contributed by atoms with E-state index >= 15 is 0 Å². The number of aryl methyl sites for hydroxylation is 2. The quantitative estimate of drug-likeness (QED) is 0.361. The number of amides is 2. The monoisotopic (exact) mass is 598 g/mol. The largest absolute Gasteiger partial charge is 0.378 e. The zero-order valence-electron chi connectivity index (χ0n) is 26.1. The molecule has 10 heteroatoms. The topological polar surface area (TPSA) is 111 Å². The minimum atomic E-state index is -0.256. The molecule has 232 valence electrons. The molecular formula is C34H42N6O4. The minimum Gasteiger partial charge on any atom is -0.378 e. The van der Waals surface area contributed by atoms with Gasteiger partial charge in [-0.1, -0.05) is 6.58 Å². The van der Waals surface area contributed by atoms with Crippen LogP contribution in [0.5, 0.6) is 0 Å². The van der Waals surface area contributed by atoms with Gasteiger partial charge in [-0.15, -0.1) is 0 Å².